The molecule has 54 valence electrons. The maximum Gasteiger partial charge on any atom is 0.248 e. The molecule has 0 bridgehead atoms. The minimum Gasteiger partial charge on any atom is -0.207 e. The highest BCUT2D eigenvalue weighted by molar-refractivity contribution is 4.94. The average Bonchev–Trinajstić information content (AvgIpc) is 1.59. The predicted molar refractivity (Wildman–Crippen MR) is 34.7 cm³/mol. The molecule has 0 rings (SSSR count). The molecule has 0 aliphatic carbocycles. The van der Waals surface area contributed by atoms with Crippen molar-refractivity contribution in [1.82, 2.24) is 0 Å². The second-order valence-corrected chi connectivity index (χ2v) is 2.56. The van der Waals surface area contributed by atoms with E-state index < -0.39 is 5.92 Å². The molecular formula is C7H12F2. The zero-order valence-electron chi connectivity index (χ0n) is 6.04. The Morgan fingerprint density at radius 2 is 1.89 bits per heavy atom. The zero-order valence-corrected chi connectivity index (χ0v) is 6.04. The monoisotopic (exact) mass is 134 g/mol. The summed E-state index contributed by atoms with van der Waals surface area (Å²) in [7, 11) is 0. The van der Waals surface area contributed by atoms with Crippen molar-refractivity contribution < 1.29 is 8.78 Å². The minimum absolute atomic E-state index is 0.144. The van der Waals surface area contributed by atoms with Gasteiger partial charge in [0.05, 0.1) is 0 Å². The standard InChI is InChI=1S/C7H12F2/c1-6(2)4-5-7(3,8)9/h4H,5H2,1-3H3. The molecule has 0 aromatic heterocycles. The van der Waals surface area contributed by atoms with Crippen LogP contribution < -0.4 is 0 Å². The molecule has 0 aliphatic rings. The summed E-state index contributed by atoms with van der Waals surface area (Å²) in [4.78, 5) is 0. The van der Waals surface area contributed by atoms with Crippen LogP contribution in [0.3, 0.4) is 0 Å². The van der Waals surface area contributed by atoms with Crippen molar-refractivity contribution in [3.05, 3.63) is 11.6 Å². The SMILES string of the molecule is CC(C)=CCC(C)(F)F. The van der Waals surface area contributed by atoms with Gasteiger partial charge in [-0.2, -0.15) is 0 Å². The molecule has 0 fully saturated rings. The van der Waals surface area contributed by atoms with Crippen LogP contribution in [-0.4, -0.2) is 5.92 Å². The van der Waals surface area contributed by atoms with Crippen molar-refractivity contribution in [2.75, 3.05) is 0 Å². The van der Waals surface area contributed by atoms with Crippen LogP contribution in [0, 0.1) is 0 Å². The van der Waals surface area contributed by atoms with E-state index in [1.165, 1.54) is 0 Å². The lowest BCUT2D eigenvalue weighted by atomic mass is 10.2. The molecule has 0 saturated carbocycles. The van der Waals surface area contributed by atoms with Gasteiger partial charge in [-0.1, -0.05) is 11.6 Å². The Bertz CT molecular complexity index is 105. The van der Waals surface area contributed by atoms with Gasteiger partial charge < -0.3 is 0 Å². The summed E-state index contributed by atoms with van der Waals surface area (Å²) in [6.07, 6.45) is 1.40. The number of allylic oxidation sites excluding steroid dienone is 2. The fourth-order valence-corrected chi connectivity index (χ4v) is 0.383. The van der Waals surface area contributed by atoms with E-state index in [0.29, 0.717) is 0 Å². The van der Waals surface area contributed by atoms with Crippen LogP contribution >= 0.6 is 0 Å². The maximum absolute atomic E-state index is 12.0. The van der Waals surface area contributed by atoms with E-state index in [1.807, 2.05) is 13.8 Å². The molecule has 0 amide bonds. The summed E-state index contributed by atoms with van der Waals surface area (Å²) >= 11 is 0. The van der Waals surface area contributed by atoms with Gasteiger partial charge >= 0.3 is 0 Å². The van der Waals surface area contributed by atoms with Crippen molar-refractivity contribution in [3.63, 3.8) is 0 Å². The molecule has 0 radical (unpaired) electrons. The molecule has 2 heteroatoms. The summed E-state index contributed by atoms with van der Waals surface area (Å²) in [5, 5.41) is 0. The third kappa shape index (κ3) is 7.60. The van der Waals surface area contributed by atoms with E-state index in [1.54, 1.807) is 6.08 Å². The Balaban J connectivity index is 3.64. The average molecular weight is 134 g/mol. The lowest BCUT2D eigenvalue weighted by Crippen LogP contribution is -2.06. The fourth-order valence-electron chi connectivity index (χ4n) is 0.383. The van der Waals surface area contributed by atoms with Crippen molar-refractivity contribution in [2.24, 2.45) is 0 Å². The Labute approximate surface area is 54.6 Å². The minimum atomic E-state index is -2.54. The Morgan fingerprint density at radius 1 is 1.44 bits per heavy atom. The van der Waals surface area contributed by atoms with Gasteiger partial charge in [0.2, 0.25) is 5.92 Å². The molecule has 0 atom stereocenters. The van der Waals surface area contributed by atoms with Gasteiger partial charge in [-0.3, -0.25) is 0 Å². The van der Waals surface area contributed by atoms with E-state index >= 15 is 0 Å². The van der Waals surface area contributed by atoms with Gasteiger partial charge in [-0.05, 0) is 20.8 Å². The molecule has 0 saturated heterocycles. The molecule has 0 unspecified atom stereocenters. The number of halogens is 2. The Hall–Kier alpha value is -0.400. The first kappa shape index (κ1) is 8.60. The first-order valence-electron chi connectivity index (χ1n) is 2.93. The lowest BCUT2D eigenvalue weighted by Gasteiger charge is -2.05. The van der Waals surface area contributed by atoms with Crippen molar-refractivity contribution in [2.45, 2.75) is 33.1 Å². The Kier molecular flexibility index (Phi) is 2.82. The summed E-state index contributed by atoms with van der Waals surface area (Å²) in [5.74, 6) is -2.54. The van der Waals surface area contributed by atoms with Gasteiger partial charge in [0.25, 0.3) is 0 Å². The van der Waals surface area contributed by atoms with Crippen LogP contribution in [0.15, 0.2) is 11.6 Å². The van der Waals surface area contributed by atoms with E-state index in [-0.39, 0.29) is 6.42 Å². The number of alkyl halides is 2. The maximum atomic E-state index is 12.0. The second-order valence-electron chi connectivity index (χ2n) is 2.56. The molecule has 0 nitrogen and oxygen atoms in total. The van der Waals surface area contributed by atoms with Gasteiger partial charge in [0.15, 0.2) is 0 Å². The molecular weight excluding hydrogens is 122 g/mol. The van der Waals surface area contributed by atoms with Crippen molar-refractivity contribution in [1.29, 1.82) is 0 Å². The fraction of sp³-hybridized carbons (Fsp3) is 0.714. The zero-order chi connectivity index (χ0) is 7.49. The van der Waals surface area contributed by atoms with Crippen molar-refractivity contribution in [3.8, 4) is 0 Å². The van der Waals surface area contributed by atoms with E-state index in [9.17, 15) is 8.78 Å². The van der Waals surface area contributed by atoms with Crippen LogP contribution in [-0.2, 0) is 0 Å². The largest absolute Gasteiger partial charge is 0.248 e. The molecule has 0 aromatic carbocycles. The summed E-state index contributed by atoms with van der Waals surface area (Å²) in [6.45, 7) is 4.55. The highest BCUT2D eigenvalue weighted by Crippen LogP contribution is 2.17. The van der Waals surface area contributed by atoms with Gasteiger partial charge in [-0.25, -0.2) is 8.78 Å². The molecule has 0 heterocycles. The smallest absolute Gasteiger partial charge is 0.207 e. The quantitative estimate of drug-likeness (QED) is 0.509. The number of rotatable bonds is 2. The number of hydrogen-bond donors (Lipinski definition) is 0. The Morgan fingerprint density at radius 3 is 2.00 bits per heavy atom. The van der Waals surface area contributed by atoms with E-state index in [4.69, 9.17) is 0 Å². The molecule has 0 spiro atoms. The molecule has 0 aromatic rings. The van der Waals surface area contributed by atoms with Gasteiger partial charge in [0, 0.05) is 6.42 Å². The third-order valence-corrected chi connectivity index (χ3v) is 0.869. The second kappa shape index (κ2) is 2.95. The van der Waals surface area contributed by atoms with Crippen LogP contribution in [0.2, 0.25) is 0 Å². The molecule has 0 N–H and O–H groups in total. The first-order chi connectivity index (χ1) is 3.92. The number of hydrogen-bond acceptors (Lipinski definition) is 0. The normalized spacial score (nSPS) is 11.2. The van der Waals surface area contributed by atoms with Crippen LogP contribution in [0.5, 0.6) is 0 Å². The van der Waals surface area contributed by atoms with Crippen LogP contribution in [0.4, 0.5) is 8.78 Å². The summed E-state index contributed by atoms with van der Waals surface area (Å²) in [6, 6.07) is 0. The van der Waals surface area contributed by atoms with Crippen LogP contribution in [0.1, 0.15) is 27.2 Å². The van der Waals surface area contributed by atoms with Gasteiger partial charge in [0.1, 0.15) is 0 Å². The molecule has 0 aliphatic heterocycles. The predicted octanol–water partition coefficient (Wildman–Crippen LogP) is 3.00. The van der Waals surface area contributed by atoms with Crippen LogP contribution in [0.25, 0.3) is 0 Å². The lowest BCUT2D eigenvalue weighted by molar-refractivity contribution is 0.0253. The van der Waals surface area contributed by atoms with Gasteiger partial charge in [-0.15, -0.1) is 0 Å². The third-order valence-electron chi connectivity index (χ3n) is 0.869. The molecule has 9 heavy (non-hydrogen) atoms. The highest BCUT2D eigenvalue weighted by atomic mass is 19.3. The summed E-state index contributed by atoms with van der Waals surface area (Å²) < 4.78 is 24.1. The van der Waals surface area contributed by atoms with E-state index in [2.05, 4.69) is 0 Å². The summed E-state index contributed by atoms with van der Waals surface area (Å²) in [5.41, 5.74) is 0.941. The van der Waals surface area contributed by atoms with E-state index in [0.717, 1.165) is 12.5 Å². The highest BCUT2D eigenvalue weighted by Gasteiger charge is 2.17. The van der Waals surface area contributed by atoms with Crippen molar-refractivity contribution >= 4 is 0 Å². The first-order valence-corrected chi connectivity index (χ1v) is 2.93. The topological polar surface area (TPSA) is 0 Å².